The molecule has 0 aliphatic carbocycles. The Balaban J connectivity index is 2.90. The molecule has 0 aromatic heterocycles. The van der Waals surface area contributed by atoms with Gasteiger partial charge in [-0.2, -0.15) is 0 Å². The Morgan fingerprint density at radius 1 is 1.50 bits per heavy atom. The standard InChI is InChI=1S/C11H14F2N2O3/c1-7(6-18-2)5-14-11-9(13)3-8(12)4-10(11)15(16)17/h3-4,7,14H,5-6H2,1-2H3. The Kier molecular flexibility index (Phi) is 4.96. The zero-order valence-corrected chi connectivity index (χ0v) is 10.1. The number of nitro benzene ring substituents is 1. The summed E-state index contributed by atoms with van der Waals surface area (Å²) in [5.74, 6) is -1.92. The Bertz CT molecular complexity index is 441. The number of hydrogen-bond acceptors (Lipinski definition) is 4. The average Bonchev–Trinajstić information content (AvgIpc) is 2.27. The first-order valence-corrected chi connectivity index (χ1v) is 5.32. The van der Waals surface area contributed by atoms with E-state index in [2.05, 4.69) is 5.32 Å². The molecular formula is C11H14F2N2O3. The smallest absolute Gasteiger partial charge is 0.298 e. The van der Waals surface area contributed by atoms with Gasteiger partial charge in [-0.1, -0.05) is 6.92 Å². The van der Waals surface area contributed by atoms with Crippen molar-refractivity contribution in [3.05, 3.63) is 33.9 Å². The monoisotopic (exact) mass is 260 g/mol. The van der Waals surface area contributed by atoms with E-state index >= 15 is 0 Å². The summed E-state index contributed by atoms with van der Waals surface area (Å²) in [6.45, 7) is 2.56. The highest BCUT2D eigenvalue weighted by atomic mass is 19.1. The van der Waals surface area contributed by atoms with Gasteiger partial charge in [-0.15, -0.1) is 0 Å². The molecule has 7 heteroatoms. The second-order valence-electron chi connectivity index (χ2n) is 3.98. The number of nitrogens with zero attached hydrogens (tertiary/aromatic N) is 1. The number of benzene rings is 1. The van der Waals surface area contributed by atoms with E-state index in [0.29, 0.717) is 18.7 Å². The highest BCUT2D eigenvalue weighted by Crippen LogP contribution is 2.28. The molecule has 1 rings (SSSR count). The van der Waals surface area contributed by atoms with E-state index in [4.69, 9.17) is 4.74 Å². The first-order valence-electron chi connectivity index (χ1n) is 5.32. The fourth-order valence-corrected chi connectivity index (χ4v) is 1.50. The quantitative estimate of drug-likeness (QED) is 0.630. The summed E-state index contributed by atoms with van der Waals surface area (Å²) in [7, 11) is 1.53. The summed E-state index contributed by atoms with van der Waals surface area (Å²) in [5, 5.41) is 13.3. The zero-order chi connectivity index (χ0) is 13.7. The van der Waals surface area contributed by atoms with Gasteiger partial charge in [0.1, 0.15) is 11.5 Å². The maximum absolute atomic E-state index is 13.5. The molecule has 0 aliphatic rings. The Morgan fingerprint density at radius 2 is 2.17 bits per heavy atom. The largest absolute Gasteiger partial charge is 0.384 e. The van der Waals surface area contributed by atoms with Gasteiger partial charge in [-0.25, -0.2) is 8.78 Å². The number of methoxy groups -OCH3 is 1. The Labute approximate surface area is 103 Å². The molecule has 0 fully saturated rings. The van der Waals surface area contributed by atoms with Crippen LogP contribution in [0.4, 0.5) is 20.2 Å². The van der Waals surface area contributed by atoms with Crippen molar-refractivity contribution in [1.29, 1.82) is 0 Å². The molecule has 18 heavy (non-hydrogen) atoms. The van der Waals surface area contributed by atoms with Crippen LogP contribution in [0.15, 0.2) is 12.1 Å². The van der Waals surface area contributed by atoms with Gasteiger partial charge in [0.25, 0.3) is 5.69 Å². The number of anilines is 1. The van der Waals surface area contributed by atoms with E-state index in [-0.39, 0.29) is 18.2 Å². The molecule has 1 unspecified atom stereocenters. The zero-order valence-electron chi connectivity index (χ0n) is 10.1. The van der Waals surface area contributed by atoms with E-state index in [1.807, 2.05) is 6.92 Å². The maximum Gasteiger partial charge on any atom is 0.298 e. The van der Waals surface area contributed by atoms with Crippen molar-refractivity contribution in [2.75, 3.05) is 25.6 Å². The third-order valence-corrected chi connectivity index (χ3v) is 2.31. The Morgan fingerprint density at radius 3 is 2.72 bits per heavy atom. The molecule has 1 atom stereocenters. The van der Waals surface area contributed by atoms with E-state index < -0.39 is 22.2 Å². The van der Waals surface area contributed by atoms with Crippen molar-refractivity contribution < 1.29 is 18.4 Å². The highest BCUT2D eigenvalue weighted by molar-refractivity contribution is 5.62. The Hall–Kier alpha value is -1.76. The molecule has 0 saturated carbocycles. The molecule has 100 valence electrons. The number of ether oxygens (including phenoxy) is 1. The van der Waals surface area contributed by atoms with Crippen LogP contribution in [0, 0.1) is 27.7 Å². The lowest BCUT2D eigenvalue weighted by atomic mass is 10.2. The fraction of sp³-hybridized carbons (Fsp3) is 0.455. The second kappa shape index (κ2) is 6.25. The van der Waals surface area contributed by atoms with Gasteiger partial charge >= 0.3 is 0 Å². The predicted octanol–water partition coefficient (Wildman–Crippen LogP) is 2.57. The lowest BCUT2D eigenvalue weighted by molar-refractivity contribution is -0.384. The van der Waals surface area contributed by atoms with Crippen molar-refractivity contribution in [1.82, 2.24) is 0 Å². The number of hydrogen-bond donors (Lipinski definition) is 1. The third kappa shape index (κ3) is 3.63. The number of halogens is 2. The van der Waals surface area contributed by atoms with Gasteiger partial charge < -0.3 is 10.1 Å². The van der Waals surface area contributed by atoms with Crippen LogP contribution in [-0.2, 0) is 4.74 Å². The topological polar surface area (TPSA) is 64.4 Å². The van der Waals surface area contributed by atoms with Crippen LogP contribution < -0.4 is 5.32 Å². The summed E-state index contributed by atoms with van der Waals surface area (Å²) in [6.07, 6.45) is 0. The summed E-state index contributed by atoms with van der Waals surface area (Å²) in [6, 6.07) is 1.29. The molecule has 0 spiro atoms. The molecular weight excluding hydrogens is 246 g/mol. The van der Waals surface area contributed by atoms with Gasteiger partial charge in [0, 0.05) is 19.7 Å². The summed E-state index contributed by atoms with van der Waals surface area (Å²) >= 11 is 0. The van der Waals surface area contributed by atoms with Gasteiger partial charge in [0.05, 0.1) is 17.6 Å². The summed E-state index contributed by atoms with van der Waals surface area (Å²) < 4.78 is 31.3. The number of nitrogens with one attached hydrogen (secondary N) is 1. The number of nitro groups is 1. The lowest BCUT2D eigenvalue weighted by Crippen LogP contribution is -2.17. The first-order chi connectivity index (χ1) is 8.45. The normalized spacial score (nSPS) is 12.2. The number of rotatable bonds is 6. The van der Waals surface area contributed by atoms with Crippen molar-refractivity contribution in [2.24, 2.45) is 5.92 Å². The molecule has 0 heterocycles. The first kappa shape index (κ1) is 14.3. The molecule has 1 aromatic carbocycles. The minimum Gasteiger partial charge on any atom is -0.384 e. The molecule has 0 saturated heterocycles. The van der Waals surface area contributed by atoms with Crippen molar-refractivity contribution >= 4 is 11.4 Å². The minimum absolute atomic E-state index is 0.0408. The van der Waals surface area contributed by atoms with Crippen LogP contribution in [0.5, 0.6) is 0 Å². The van der Waals surface area contributed by atoms with Crippen LogP contribution in [0.3, 0.4) is 0 Å². The van der Waals surface area contributed by atoms with Gasteiger partial charge in [0.15, 0.2) is 5.82 Å². The fourth-order valence-electron chi connectivity index (χ4n) is 1.50. The van der Waals surface area contributed by atoms with Gasteiger partial charge in [0.2, 0.25) is 0 Å². The summed E-state index contributed by atoms with van der Waals surface area (Å²) in [4.78, 5) is 9.88. The third-order valence-electron chi connectivity index (χ3n) is 2.31. The van der Waals surface area contributed by atoms with Crippen LogP contribution in [-0.4, -0.2) is 25.2 Å². The highest BCUT2D eigenvalue weighted by Gasteiger charge is 2.20. The lowest BCUT2D eigenvalue weighted by Gasteiger charge is -2.13. The molecule has 1 aromatic rings. The van der Waals surface area contributed by atoms with Crippen LogP contribution >= 0.6 is 0 Å². The van der Waals surface area contributed by atoms with Crippen LogP contribution in [0.2, 0.25) is 0 Å². The summed E-state index contributed by atoms with van der Waals surface area (Å²) in [5.41, 5.74) is -0.915. The van der Waals surface area contributed by atoms with E-state index in [9.17, 15) is 18.9 Å². The van der Waals surface area contributed by atoms with Crippen molar-refractivity contribution in [2.45, 2.75) is 6.92 Å². The second-order valence-corrected chi connectivity index (χ2v) is 3.98. The van der Waals surface area contributed by atoms with Gasteiger partial charge in [-0.3, -0.25) is 10.1 Å². The van der Waals surface area contributed by atoms with Crippen molar-refractivity contribution in [3.63, 3.8) is 0 Å². The van der Waals surface area contributed by atoms with Crippen LogP contribution in [0.1, 0.15) is 6.92 Å². The maximum atomic E-state index is 13.5. The molecule has 0 aliphatic heterocycles. The molecule has 5 nitrogen and oxygen atoms in total. The van der Waals surface area contributed by atoms with Crippen LogP contribution in [0.25, 0.3) is 0 Å². The van der Waals surface area contributed by atoms with Crippen molar-refractivity contribution in [3.8, 4) is 0 Å². The van der Waals surface area contributed by atoms with E-state index in [0.717, 1.165) is 0 Å². The molecule has 0 bridgehead atoms. The van der Waals surface area contributed by atoms with Gasteiger partial charge in [-0.05, 0) is 5.92 Å². The molecule has 0 amide bonds. The SMILES string of the molecule is COCC(C)CNc1c(F)cc(F)cc1[N+](=O)[O-]. The average molecular weight is 260 g/mol. The predicted molar refractivity (Wildman–Crippen MR) is 62.5 cm³/mol. The van der Waals surface area contributed by atoms with E-state index in [1.54, 1.807) is 0 Å². The van der Waals surface area contributed by atoms with E-state index in [1.165, 1.54) is 7.11 Å². The molecule has 0 radical (unpaired) electrons. The molecule has 1 N–H and O–H groups in total. The minimum atomic E-state index is -0.980.